The summed E-state index contributed by atoms with van der Waals surface area (Å²) >= 11 is 0. The fourth-order valence-electron chi connectivity index (χ4n) is 10.4. The standard InChI is InChI=1S/C65H127NO5/c1-3-5-7-9-11-13-15-17-19-21-23-25-27-29-31-32-33-35-37-39-41-43-45-47-49-51-53-55-57-59-63(69)65(71)66-61(60-67)64(70)62(68)58-56-54-52-50-48-46-44-42-40-38-36-34-30-28-26-24-22-20-18-16-14-12-10-8-6-4-2/h42,44,50,52,61-64,67-70H,3-41,43,45-49,51,53-60H2,1-2H3,(H,66,71)/b44-42+,52-50+. The summed E-state index contributed by atoms with van der Waals surface area (Å²) in [5.41, 5.74) is 0. The zero-order valence-corrected chi connectivity index (χ0v) is 48.0. The number of aliphatic hydroxyl groups excluding tert-OH is 4. The molecule has 0 bridgehead atoms. The minimum atomic E-state index is -1.29. The summed E-state index contributed by atoms with van der Waals surface area (Å²) in [4.78, 5) is 12.6. The number of hydrogen-bond acceptors (Lipinski definition) is 5. The molecule has 0 saturated heterocycles. The predicted octanol–water partition coefficient (Wildman–Crippen LogP) is 19.4. The van der Waals surface area contributed by atoms with Gasteiger partial charge in [0.1, 0.15) is 12.2 Å². The molecule has 4 atom stereocenters. The van der Waals surface area contributed by atoms with Gasteiger partial charge in [-0.15, -0.1) is 0 Å². The highest BCUT2D eigenvalue weighted by molar-refractivity contribution is 5.80. The third kappa shape index (κ3) is 53.4. The maximum Gasteiger partial charge on any atom is 0.249 e. The average Bonchev–Trinajstić information content (AvgIpc) is 3.38. The van der Waals surface area contributed by atoms with Gasteiger partial charge in [-0.1, -0.05) is 327 Å². The molecule has 0 aromatic carbocycles. The van der Waals surface area contributed by atoms with E-state index in [1.54, 1.807) is 0 Å². The first kappa shape index (κ1) is 69.8. The van der Waals surface area contributed by atoms with Gasteiger partial charge in [0.05, 0.1) is 18.8 Å². The van der Waals surface area contributed by atoms with Crippen LogP contribution in [0.5, 0.6) is 0 Å². The molecular weight excluding hydrogens is 875 g/mol. The van der Waals surface area contributed by atoms with Crippen LogP contribution in [0.3, 0.4) is 0 Å². The third-order valence-corrected chi connectivity index (χ3v) is 15.4. The minimum Gasteiger partial charge on any atom is -0.394 e. The fourth-order valence-corrected chi connectivity index (χ4v) is 10.4. The Hall–Kier alpha value is -1.21. The van der Waals surface area contributed by atoms with Gasteiger partial charge < -0.3 is 25.7 Å². The minimum absolute atomic E-state index is 0.365. The molecule has 0 rings (SSSR count). The third-order valence-electron chi connectivity index (χ3n) is 15.4. The Morgan fingerprint density at radius 2 is 0.592 bits per heavy atom. The fraction of sp³-hybridized carbons (Fsp3) is 0.923. The number of carbonyl (C=O) groups is 1. The normalized spacial score (nSPS) is 13.7. The Balaban J connectivity index is 3.60. The molecule has 1 amide bonds. The largest absolute Gasteiger partial charge is 0.394 e. The molecular formula is C65H127NO5. The van der Waals surface area contributed by atoms with Crippen molar-refractivity contribution in [1.29, 1.82) is 0 Å². The van der Waals surface area contributed by atoms with Crippen molar-refractivity contribution in [3.05, 3.63) is 24.3 Å². The van der Waals surface area contributed by atoms with Gasteiger partial charge in [-0.2, -0.15) is 0 Å². The molecule has 6 heteroatoms. The zero-order chi connectivity index (χ0) is 51.6. The van der Waals surface area contributed by atoms with Crippen LogP contribution in [0.4, 0.5) is 0 Å². The Morgan fingerprint density at radius 1 is 0.338 bits per heavy atom. The van der Waals surface area contributed by atoms with Crippen LogP contribution in [0.25, 0.3) is 0 Å². The van der Waals surface area contributed by atoms with Gasteiger partial charge in [-0.3, -0.25) is 4.79 Å². The van der Waals surface area contributed by atoms with E-state index in [9.17, 15) is 25.2 Å². The smallest absolute Gasteiger partial charge is 0.249 e. The lowest BCUT2D eigenvalue weighted by atomic mass is 10.00. The van der Waals surface area contributed by atoms with Crippen LogP contribution in [0.15, 0.2) is 24.3 Å². The lowest BCUT2D eigenvalue weighted by molar-refractivity contribution is -0.132. The first-order valence-electron chi connectivity index (χ1n) is 32.2. The van der Waals surface area contributed by atoms with Gasteiger partial charge in [-0.05, 0) is 51.4 Å². The van der Waals surface area contributed by atoms with Crippen molar-refractivity contribution in [2.75, 3.05) is 6.61 Å². The van der Waals surface area contributed by atoms with E-state index in [0.717, 1.165) is 38.5 Å². The van der Waals surface area contributed by atoms with Crippen LogP contribution in [0.2, 0.25) is 0 Å². The lowest BCUT2D eigenvalue weighted by Gasteiger charge is -2.27. The van der Waals surface area contributed by atoms with Crippen LogP contribution in [-0.2, 0) is 4.79 Å². The van der Waals surface area contributed by atoms with Crippen molar-refractivity contribution in [2.45, 2.75) is 379 Å². The Kier molecular flexibility index (Phi) is 58.6. The predicted molar refractivity (Wildman–Crippen MR) is 311 cm³/mol. The van der Waals surface area contributed by atoms with E-state index >= 15 is 0 Å². The molecule has 5 N–H and O–H groups in total. The van der Waals surface area contributed by atoms with Gasteiger partial charge in [0.2, 0.25) is 5.91 Å². The number of carbonyl (C=O) groups excluding carboxylic acids is 1. The van der Waals surface area contributed by atoms with E-state index in [1.165, 1.54) is 283 Å². The maximum absolute atomic E-state index is 12.6. The summed E-state index contributed by atoms with van der Waals surface area (Å²) < 4.78 is 0. The van der Waals surface area contributed by atoms with Crippen LogP contribution in [-0.4, -0.2) is 57.3 Å². The summed E-state index contributed by atoms with van der Waals surface area (Å²) in [5.74, 6) is -0.590. The lowest BCUT2D eigenvalue weighted by Crippen LogP contribution is -2.53. The molecule has 0 radical (unpaired) electrons. The Labute approximate surface area is 444 Å². The van der Waals surface area contributed by atoms with Gasteiger partial charge in [0.25, 0.3) is 0 Å². The summed E-state index contributed by atoms with van der Waals surface area (Å²) in [6, 6.07) is -1.01. The van der Waals surface area contributed by atoms with Gasteiger partial charge in [0, 0.05) is 0 Å². The van der Waals surface area contributed by atoms with E-state index in [-0.39, 0.29) is 0 Å². The number of aliphatic hydroxyl groups is 4. The molecule has 0 aromatic heterocycles. The summed E-state index contributed by atoms with van der Waals surface area (Å²) in [6.07, 6.45) is 74.3. The average molecular weight is 1000 g/mol. The zero-order valence-electron chi connectivity index (χ0n) is 48.0. The molecule has 0 aliphatic heterocycles. The molecule has 0 fully saturated rings. The number of amides is 1. The number of nitrogens with one attached hydrogen (secondary N) is 1. The number of hydrogen-bond donors (Lipinski definition) is 5. The molecule has 0 aromatic rings. The Morgan fingerprint density at radius 3 is 0.887 bits per heavy atom. The van der Waals surface area contributed by atoms with Crippen LogP contribution in [0, 0.1) is 0 Å². The van der Waals surface area contributed by atoms with Crippen molar-refractivity contribution >= 4 is 5.91 Å². The SMILES string of the molecule is CCCCCCCCCCCCCCCCCCC/C=C/CC/C=C/CCCC(O)C(O)C(CO)NC(=O)C(O)CCCCCCCCCCCCCCCCCCCCCCCCCCCCCCC. The number of allylic oxidation sites excluding steroid dienone is 4. The second-order valence-corrected chi connectivity index (χ2v) is 22.5. The first-order chi connectivity index (χ1) is 35.0. The van der Waals surface area contributed by atoms with Crippen molar-refractivity contribution in [3.8, 4) is 0 Å². The van der Waals surface area contributed by atoms with E-state index in [0.29, 0.717) is 19.3 Å². The van der Waals surface area contributed by atoms with Crippen molar-refractivity contribution < 1.29 is 25.2 Å². The van der Waals surface area contributed by atoms with Gasteiger partial charge in [0.15, 0.2) is 0 Å². The van der Waals surface area contributed by atoms with Crippen LogP contribution in [0.1, 0.15) is 354 Å². The second-order valence-electron chi connectivity index (χ2n) is 22.5. The highest BCUT2D eigenvalue weighted by Gasteiger charge is 2.28. The summed E-state index contributed by atoms with van der Waals surface area (Å²) in [5, 5.41) is 44.1. The topological polar surface area (TPSA) is 110 Å². The van der Waals surface area contributed by atoms with E-state index in [4.69, 9.17) is 0 Å². The molecule has 0 spiro atoms. The highest BCUT2D eigenvalue weighted by Crippen LogP contribution is 2.19. The van der Waals surface area contributed by atoms with Crippen molar-refractivity contribution in [3.63, 3.8) is 0 Å². The molecule has 71 heavy (non-hydrogen) atoms. The second kappa shape index (κ2) is 59.7. The van der Waals surface area contributed by atoms with Crippen LogP contribution < -0.4 is 5.32 Å². The molecule has 0 heterocycles. The molecule has 0 saturated carbocycles. The number of rotatable bonds is 60. The van der Waals surface area contributed by atoms with Gasteiger partial charge in [-0.25, -0.2) is 0 Å². The molecule has 6 nitrogen and oxygen atoms in total. The maximum atomic E-state index is 12.6. The van der Waals surface area contributed by atoms with E-state index < -0.39 is 36.9 Å². The van der Waals surface area contributed by atoms with Gasteiger partial charge >= 0.3 is 0 Å². The van der Waals surface area contributed by atoms with Crippen molar-refractivity contribution in [1.82, 2.24) is 5.32 Å². The number of unbranched alkanes of at least 4 members (excludes halogenated alkanes) is 47. The molecule has 0 aliphatic carbocycles. The molecule has 4 unspecified atom stereocenters. The summed E-state index contributed by atoms with van der Waals surface area (Å²) in [6.45, 7) is 4.09. The first-order valence-corrected chi connectivity index (χ1v) is 32.2. The molecule has 422 valence electrons. The Bertz CT molecular complexity index is 1080. The van der Waals surface area contributed by atoms with Crippen molar-refractivity contribution in [2.24, 2.45) is 0 Å². The summed E-state index contributed by atoms with van der Waals surface area (Å²) in [7, 11) is 0. The quantitative estimate of drug-likeness (QED) is 0.0308. The van der Waals surface area contributed by atoms with E-state index in [1.807, 2.05) is 0 Å². The van der Waals surface area contributed by atoms with E-state index in [2.05, 4.69) is 43.5 Å². The monoisotopic (exact) mass is 1000 g/mol. The molecule has 0 aliphatic rings. The highest BCUT2D eigenvalue weighted by atomic mass is 16.3. The van der Waals surface area contributed by atoms with Crippen LogP contribution >= 0.6 is 0 Å².